The average molecular weight is 466 g/mol. The Morgan fingerprint density at radius 2 is 1.75 bits per heavy atom. The van der Waals surface area contributed by atoms with E-state index in [4.69, 9.17) is 0 Å². The van der Waals surface area contributed by atoms with Crippen molar-refractivity contribution < 1.29 is 13.2 Å². The molecular formula is C20H24BrN3O3S. The molecular weight excluding hydrogens is 442 g/mol. The van der Waals surface area contributed by atoms with Gasteiger partial charge in [-0.25, -0.2) is 13.1 Å². The van der Waals surface area contributed by atoms with Crippen LogP contribution in [0.4, 0.5) is 5.69 Å². The molecule has 0 saturated carbocycles. The normalized spacial score (nSPS) is 14.9. The predicted molar refractivity (Wildman–Crippen MR) is 114 cm³/mol. The minimum Gasteiger partial charge on any atom is -0.368 e. The lowest BCUT2D eigenvalue weighted by molar-refractivity contribution is -0.131. The van der Waals surface area contributed by atoms with Gasteiger partial charge in [0.25, 0.3) is 0 Å². The first kappa shape index (κ1) is 20.8. The van der Waals surface area contributed by atoms with E-state index in [1.807, 2.05) is 6.07 Å². The SMILES string of the molecule is Cc1cccc(N2CCN(C(=O)CCNS(=O)(=O)c3ccc(Br)cc3)CC2)c1. The van der Waals surface area contributed by atoms with E-state index in [1.165, 1.54) is 23.4 Å². The Labute approximate surface area is 174 Å². The molecule has 1 amide bonds. The predicted octanol–water partition coefficient (Wildman–Crippen LogP) is 2.77. The molecule has 0 atom stereocenters. The number of hydrogen-bond donors (Lipinski definition) is 1. The summed E-state index contributed by atoms with van der Waals surface area (Å²) >= 11 is 3.28. The maximum atomic E-state index is 12.4. The van der Waals surface area contributed by atoms with Crippen LogP contribution in [0.3, 0.4) is 0 Å². The Hall–Kier alpha value is -1.90. The van der Waals surface area contributed by atoms with Gasteiger partial charge in [0.05, 0.1) is 4.90 Å². The van der Waals surface area contributed by atoms with Gasteiger partial charge in [0.15, 0.2) is 0 Å². The number of halogens is 1. The number of carbonyl (C=O) groups excluding carboxylic acids is 1. The highest BCUT2D eigenvalue weighted by Gasteiger charge is 2.22. The van der Waals surface area contributed by atoms with E-state index in [0.29, 0.717) is 13.1 Å². The van der Waals surface area contributed by atoms with Crippen LogP contribution in [0.5, 0.6) is 0 Å². The fourth-order valence-corrected chi connectivity index (χ4v) is 4.48. The summed E-state index contributed by atoms with van der Waals surface area (Å²) in [5.41, 5.74) is 2.39. The van der Waals surface area contributed by atoms with Gasteiger partial charge in [-0.2, -0.15) is 0 Å². The molecule has 1 fully saturated rings. The summed E-state index contributed by atoms with van der Waals surface area (Å²) in [5.74, 6) is -0.0256. The van der Waals surface area contributed by atoms with Crippen molar-refractivity contribution in [3.8, 4) is 0 Å². The molecule has 1 heterocycles. The van der Waals surface area contributed by atoms with E-state index in [9.17, 15) is 13.2 Å². The van der Waals surface area contributed by atoms with Gasteiger partial charge in [0, 0.05) is 49.3 Å². The number of piperazine rings is 1. The standard InChI is InChI=1S/C20H24BrN3O3S/c1-16-3-2-4-18(15-16)23-11-13-24(14-12-23)20(25)9-10-22-28(26,27)19-7-5-17(21)6-8-19/h2-8,15,22H,9-14H2,1H3. The van der Waals surface area contributed by atoms with E-state index in [0.717, 1.165) is 17.6 Å². The van der Waals surface area contributed by atoms with Crippen LogP contribution < -0.4 is 9.62 Å². The van der Waals surface area contributed by atoms with Crippen molar-refractivity contribution in [3.05, 3.63) is 58.6 Å². The van der Waals surface area contributed by atoms with Gasteiger partial charge in [-0.05, 0) is 48.9 Å². The minimum absolute atomic E-state index is 0.0256. The number of nitrogens with zero attached hydrogens (tertiary/aromatic N) is 2. The molecule has 1 N–H and O–H groups in total. The van der Waals surface area contributed by atoms with Crippen molar-refractivity contribution in [1.82, 2.24) is 9.62 Å². The Kier molecular flexibility index (Phi) is 6.74. The van der Waals surface area contributed by atoms with Gasteiger partial charge >= 0.3 is 0 Å². The van der Waals surface area contributed by atoms with E-state index in [-0.39, 0.29) is 23.8 Å². The van der Waals surface area contributed by atoms with E-state index in [1.54, 1.807) is 17.0 Å². The number of benzene rings is 2. The highest BCUT2D eigenvalue weighted by Crippen LogP contribution is 2.18. The molecule has 28 heavy (non-hydrogen) atoms. The van der Waals surface area contributed by atoms with Crippen LogP contribution >= 0.6 is 15.9 Å². The molecule has 0 radical (unpaired) electrons. The van der Waals surface area contributed by atoms with Gasteiger partial charge in [-0.15, -0.1) is 0 Å². The summed E-state index contributed by atoms with van der Waals surface area (Å²) in [6.07, 6.45) is 0.153. The Morgan fingerprint density at radius 3 is 2.39 bits per heavy atom. The average Bonchev–Trinajstić information content (AvgIpc) is 2.68. The number of sulfonamides is 1. The van der Waals surface area contributed by atoms with Crippen LogP contribution in [0, 0.1) is 6.92 Å². The number of amides is 1. The Morgan fingerprint density at radius 1 is 1.07 bits per heavy atom. The maximum absolute atomic E-state index is 12.4. The zero-order valence-electron chi connectivity index (χ0n) is 15.8. The molecule has 150 valence electrons. The molecule has 1 aliphatic heterocycles. The van der Waals surface area contributed by atoms with Crippen molar-refractivity contribution in [2.24, 2.45) is 0 Å². The Bertz CT molecular complexity index is 924. The second-order valence-corrected chi connectivity index (χ2v) is 9.49. The lowest BCUT2D eigenvalue weighted by atomic mass is 10.2. The molecule has 0 spiro atoms. The number of rotatable bonds is 6. The molecule has 6 nitrogen and oxygen atoms in total. The summed E-state index contributed by atoms with van der Waals surface area (Å²) in [5, 5.41) is 0. The quantitative estimate of drug-likeness (QED) is 0.711. The molecule has 1 saturated heterocycles. The van der Waals surface area contributed by atoms with Gasteiger partial charge in [-0.1, -0.05) is 28.1 Å². The van der Waals surface area contributed by atoms with Crippen molar-refractivity contribution in [2.75, 3.05) is 37.6 Å². The molecule has 0 aliphatic carbocycles. The van der Waals surface area contributed by atoms with Crippen molar-refractivity contribution in [3.63, 3.8) is 0 Å². The minimum atomic E-state index is -3.60. The molecule has 8 heteroatoms. The molecule has 0 aromatic heterocycles. The number of nitrogens with one attached hydrogen (secondary N) is 1. The summed E-state index contributed by atoms with van der Waals surface area (Å²) in [6.45, 7) is 5.01. The third kappa shape index (κ3) is 5.33. The first-order valence-electron chi connectivity index (χ1n) is 9.20. The topological polar surface area (TPSA) is 69.7 Å². The van der Waals surface area contributed by atoms with Crippen molar-refractivity contribution >= 4 is 37.5 Å². The molecule has 2 aromatic rings. The number of hydrogen-bond acceptors (Lipinski definition) is 4. The van der Waals surface area contributed by atoms with Crippen LogP contribution in [0.2, 0.25) is 0 Å². The smallest absolute Gasteiger partial charge is 0.240 e. The number of carbonyl (C=O) groups is 1. The van der Waals surface area contributed by atoms with Gasteiger partial charge in [-0.3, -0.25) is 4.79 Å². The van der Waals surface area contributed by atoms with Gasteiger partial charge in [0.1, 0.15) is 0 Å². The van der Waals surface area contributed by atoms with Crippen LogP contribution in [0.1, 0.15) is 12.0 Å². The lowest BCUT2D eigenvalue weighted by Gasteiger charge is -2.36. The summed E-state index contributed by atoms with van der Waals surface area (Å²) in [6, 6.07) is 14.7. The summed E-state index contributed by atoms with van der Waals surface area (Å²) < 4.78 is 27.9. The molecule has 1 aliphatic rings. The maximum Gasteiger partial charge on any atom is 0.240 e. The zero-order valence-corrected chi connectivity index (χ0v) is 18.2. The molecule has 2 aromatic carbocycles. The molecule has 0 bridgehead atoms. The lowest BCUT2D eigenvalue weighted by Crippen LogP contribution is -2.49. The van der Waals surface area contributed by atoms with Crippen molar-refractivity contribution in [1.29, 1.82) is 0 Å². The monoisotopic (exact) mass is 465 g/mol. The van der Waals surface area contributed by atoms with E-state index in [2.05, 4.69) is 50.7 Å². The fraction of sp³-hybridized carbons (Fsp3) is 0.350. The highest BCUT2D eigenvalue weighted by molar-refractivity contribution is 9.10. The second kappa shape index (κ2) is 9.07. The Balaban J connectivity index is 1.46. The van der Waals surface area contributed by atoms with Crippen LogP contribution in [-0.4, -0.2) is 51.9 Å². The first-order chi connectivity index (χ1) is 13.3. The first-order valence-corrected chi connectivity index (χ1v) is 11.5. The fourth-order valence-electron chi connectivity index (χ4n) is 3.19. The second-order valence-electron chi connectivity index (χ2n) is 6.81. The number of anilines is 1. The molecule has 3 rings (SSSR count). The summed E-state index contributed by atoms with van der Waals surface area (Å²) in [7, 11) is -3.60. The molecule has 0 unspecified atom stereocenters. The van der Waals surface area contributed by atoms with E-state index < -0.39 is 10.0 Å². The third-order valence-corrected chi connectivity index (χ3v) is 6.76. The van der Waals surface area contributed by atoms with Crippen LogP contribution in [0.15, 0.2) is 57.9 Å². The van der Waals surface area contributed by atoms with Crippen LogP contribution in [-0.2, 0) is 14.8 Å². The van der Waals surface area contributed by atoms with Crippen molar-refractivity contribution in [2.45, 2.75) is 18.2 Å². The highest BCUT2D eigenvalue weighted by atomic mass is 79.9. The van der Waals surface area contributed by atoms with E-state index >= 15 is 0 Å². The van der Waals surface area contributed by atoms with Crippen LogP contribution in [0.25, 0.3) is 0 Å². The van der Waals surface area contributed by atoms with Gasteiger partial charge < -0.3 is 9.80 Å². The largest absolute Gasteiger partial charge is 0.368 e. The summed E-state index contributed by atoms with van der Waals surface area (Å²) in [4.78, 5) is 16.7. The number of aryl methyl sites for hydroxylation is 1. The van der Waals surface area contributed by atoms with Gasteiger partial charge in [0.2, 0.25) is 15.9 Å². The zero-order chi connectivity index (χ0) is 20.1. The third-order valence-electron chi connectivity index (χ3n) is 4.75.